The van der Waals surface area contributed by atoms with E-state index in [1.54, 1.807) is 37.4 Å². The first-order valence-corrected chi connectivity index (χ1v) is 7.74. The van der Waals surface area contributed by atoms with Gasteiger partial charge in [-0.2, -0.15) is 0 Å². The van der Waals surface area contributed by atoms with Gasteiger partial charge in [-0.3, -0.25) is 14.6 Å². The van der Waals surface area contributed by atoms with Crippen molar-refractivity contribution in [2.24, 2.45) is 0 Å². The smallest absolute Gasteiger partial charge is 0.261 e. The van der Waals surface area contributed by atoms with Crippen molar-refractivity contribution < 1.29 is 14.3 Å². The highest BCUT2D eigenvalue weighted by Gasteiger charge is 2.16. The number of nitrogens with one attached hydrogen (secondary N) is 2. The molecule has 6 nitrogen and oxygen atoms in total. The maximum atomic E-state index is 12.0. The van der Waals surface area contributed by atoms with E-state index >= 15 is 0 Å². The Morgan fingerprint density at radius 2 is 2.12 bits per heavy atom. The van der Waals surface area contributed by atoms with Crippen LogP contribution in [0.4, 0.5) is 5.69 Å². The number of hydrogen-bond donors (Lipinski definition) is 2. The molecule has 0 saturated carbocycles. The van der Waals surface area contributed by atoms with Gasteiger partial charge >= 0.3 is 0 Å². The van der Waals surface area contributed by atoms with Gasteiger partial charge in [0.05, 0.1) is 23.5 Å². The van der Waals surface area contributed by atoms with Gasteiger partial charge in [0.25, 0.3) is 5.91 Å². The summed E-state index contributed by atoms with van der Waals surface area (Å²) >= 11 is 6.05. The number of halogens is 1. The lowest BCUT2D eigenvalue weighted by molar-refractivity contribution is -0.129. The number of nitrogens with zero attached hydrogens (tertiary/aromatic N) is 1. The molecule has 24 heavy (non-hydrogen) atoms. The zero-order valence-corrected chi connectivity index (χ0v) is 14.1. The number of ether oxygens (including phenoxy) is 1. The predicted octanol–water partition coefficient (Wildman–Crippen LogP) is 2.57. The van der Waals surface area contributed by atoms with Crippen LogP contribution in [-0.4, -0.2) is 29.4 Å². The third-order valence-electron chi connectivity index (χ3n) is 3.14. The van der Waals surface area contributed by atoms with E-state index in [0.29, 0.717) is 16.5 Å². The van der Waals surface area contributed by atoms with Crippen LogP contribution in [0.2, 0.25) is 5.02 Å². The molecule has 0 bridgehead atoms. The van der Waals surface area contributed by atoms with Gasteiger partial charge in [-0.1, -0.05) is 17.7 Å². The maximum Gasteiger partial charge on any atom is 0.261 e. The number of aromatic nitrogens is 1. The predicted molar refractivity (Wildman–Crippen MR) is 92.2 cm³/mol. The second-order valence-electron chi connectivity index (χ2n) is 5.20. The Hall–Kier alpha value is -2.60. The number of hydrogen-bond acceptors (Lipinski definition) is 4. The third kappa shape index (κ3) is 5.24. The molecule has 0 saturated heterocycles. The van der Waals surface area contributed by atoms with E-state index in [9.17, 15) is 9.59 Å². The lowest BCUT2D eigenvalue weighted by Gasteiger charge is -2.14. The molecule has 0 aliphatic rings. The zero-order valence-electron chi connectivity index (χ0n) is 13.4. The standard InChI is InChI=1S/C17H18ClN3O3/c1-11-5-6-15(14(18)8-11)21-16(22)10-20-17(23)12(2)24-13-4-3-7-19-9-13/h3-9,12H,10H2,1-2H3,(H,20,23)(H,21,22). The Balaban J connectivity index is 1.81. The van der Waals surface area contributed by atoms with E-state index in [1.165, 1.54) is 6.20 Å². The molecule has 0 aliphatic heterocycles. The first-order chi connectivity index (χ1) is 11.5. The summed E-state index contributed by atoms with van der Waals surface area (Å²) < 4.78 is 5.43. The number of rotatable bonds is 6. The number of carbonyl (C=O) groups excluding carboxylic acids is 2. The molecule has 2 amide bonds. The molecule has 1 aromatic carbocycles. The Bertz CT molecular complexity index is 722. The van der Waals surface area contributed by atoms with Gasteiger partial charge < -0.3 is 15.4 Å². The number of amides is 2. The topological polar surface area (TPSA) is 80.3 Å². The number of carbonyl (C=O) groups is 2. The van der Waals surface area contributed by atoms with E-state index in [4.69, 9.17) is 16.3 Å². The molecule has 2 rings (SSSR count). The zero-order chi connectivity index (χ0) is 17.5. The molecule has 2 aromatic rings. The van der Waals surface area contributed by atoms with Crippen LogP contribution in [-0.2, 0) is 9.59 Å². The van der Waals surface area contributed by atoms with Crippen LogP contribution in [0, 0.1) is 6.92 Å². The first kappa shape index (κ1) is 17.7. The van der Waals surface area contributed by atoms with Gasteiger partial charge in [-0.15, -0.1) is 0 Å². The molecular weight excluding hydrogens is 330 g/mol. The Morgan fingerprint density at radius 1 is 1.33 bits per heavy atom. The molecule has 0 spiro atoms. The molecule has 1 unspecified atom stereocenters. The highest BCUT2D eigenvalue weighted by molar-refractivity contribution is 6.33. The first-order valence-electron chi connectivity index (χ1n) is 7.36. The van der Waals surface area contributed by atoms with Crippen LogP contribution in [0.3, 0.4) is 0 Å². The normalized spacial score (nSPS) is 11.5. The number of aryl methyl sites for hydroxylation is 1. The van der Waals surface area contributed by atoms with E-state index in [-0.39, 0.29) is 12.5 Å². The number of pyridine rings is 1. The number of benzene rings is 1. The molecule has 0 radical (unpaired) electrons. The Kier molecular flexibility index (Phi) is 6.14. The van der Waals surface area contributed by atoms with Crippen molar-refractivity contribution in [1.29, 1.82) is 0 Å². The van der Waals surface area contributed by atoms with Gasteiger partial charge in [-0.05, 0) is 43.7 Å². The minimum Gasteiger partial charge on any atom is -0.479 e. The van der Waals surface area contributed by atoms with Gasteiger partial charge in [0.1, 0.15) is 5.75 Å². The van der Waals surface area contributed by atoms with Crippen molar-refractivity contribution in [3.63, 3.8) is 0 Å². The van der Waals surface area contributed by atoms with Crippen molar-refractivity contribution in [1.82, 2.24) is 10.3 Å². The molecule has 0 fully saturated rings. The van der Waals surface area contributed by atoms with E-state index < -0.39 is 12.0 Å². The van der Waals surface area contributed by atoms with Crippen molar-refractivity contribution in [2.75, 3.05) is 11.9 Å². The summed E-state index contributed by atoms with van der Waals surface area (Å²) in [7, 11) is 0. The Morgan fingerprint density at radius 3 is 2.79 bits per heavy atom. The quantitative estimate of drug-likeness (QED) is 0.841. The minimum absolute atomic E-state index is 0.177. The molecule has 7 heteroatoms. The van der Waals surface area contributed by atoms with E-state index in [1.807, 2.05) is 13.0 Å². The van der Waals surface area contributed by atoms with Crippen molar-refractivity contribution in [3.8, 4) is 5.75 Å². The van der Waals surface area contributed by atoms with Crippen LogP contribution in [0.1, 0.15) is 12.5 Å². The van der Waals surface area contributed by atoms with Crippen LogP contribution in [0.25, 0.3) is 0 Å². The molecule has 126 valence electrons. The molecule has 0 aliphatic carbocycles. The van der Waals surface area contributed by atoms with Crippen LogP contribution < -0.4 is 15.4 Å². The van der Waals surface area contributed by atoms with Gasteiger partial charge in [0, 0.05) is 6.20 Å². The van der Waals surface area contributed by atoms with Crippen molar-refractivity contribution >= 4 is 29.1 Å². The fourth-order valence-corrected chi connectivity index (χ4v) is 2.18. The largest absolute Gasteiger partial charge is 0.479 e. The van der Waals surface area contributed by atoms with Crippen LogP contribution in [0.5, 0.6) is 5.75 Å². The molecule has 1 aromatic heterocycles. The molecule has 1 heterocycles. The summed E-state index contributed by atoms with van der Waals surface area (Å²) in [4.78, 5) is 27.8. The summed E-state index contributed by atoms with van der Waals surface area (Å²) in [5, 5.41) is 5.61. The summed E-state index contributed by atoms with van der Waals surface area (Å²) in [6.45, 7) is 3.32. The lowest BCUT2D eigenvalue weighted by Crippen LogP contribution is -2.40. The van der Waals surface area contributed by atoms with E-state index in [2.05, 4.69) is 15.6 Å². The Labute approximate surface area is 145 Å². The molecular formula is C17H18ClN3O3. The molecule has 2 N–H and O–H groups in total. The summed E-state index contributed by atoms with van der Waals surface area (Å²) in [5.41, 5.74) is 1.49. The second-order valence-corrected chi connectivity index (χ2v) is 5.61. The van der Waals surface area contributed by atoms with Crippen LogP contribution in [0.15, 0.2) is 42.7 Å². The molecule has 1 atom stereocenters. The highest BCUT2D eigenvalue weighted by atomic mass is 35.5. The van der Waals surface area contributed by atoms with Gasteiger partial charge in [-0.25, -0.2) is 0 Å². The summed E-state index contributed by atoms with van der Waals surface area (Å²) in [6.07, 6.45) is 2.37. The van der Waals surface area contributed by atoms with Crippen molar-refractivity contribution in [3.05, 3.63) is 53.3 Å². The fraction of sp³-hybridized carbons (Fsp3) is 0.235. The fourth-order valence-electron chi connectivity index (χ4n) is 1.90. The average Bonchev–Trinajstić information content (AvgIpc) is 2.56. The number of anilines is 1. The lowest BCUT2D eigenvalue weighted by atomic mass is 10.2. The van der Waals surface area contributed by atoms with E-state index in [0.717, 1.165) is 5.56 Å². The maximum absolute atomic E-state index is 12.0. The summed E-state index contributed by atoms with van der Waals surface area (Å²) in [5.74, 6) is -0.289. The van der Waals surface area contributed by atoms with Gasteiger partial charge in [0.2, 0.25) is 5.91 Å². The average molecular weight is 348 g/mol. The summed E-state index contributed by atoms with van der Waals surface area (Å²) in [6, 6.07) is 8.70. The van der Waals surface area contributed by atoms with Crippen LogP contribution >= 0.6 is 11.6 Å². The van der Waals surface area contributed by atoms with Crippen molar-refractivity contribution in [2.45, 2.75) is 20.0 Å². The highest BCUT2D eigenvalue weighted by Crippen LogP contribution is 2.22. The van der Waals surface area contributed by atoms with Gasteiger partial charge in [0.15, 0.2) is 6.10 Å². The SMILES string of the molecule is Cc1ccc(NC(=O)CNC(=O)C(C)Oc2cccnc2)c(Cl)c1. The minimum atomic E-state index is -0.745. The second kappa shape index (κ2) is 8.31. The third-order valence-corrected chi connectivity index (χ3v) is 3.45. The monoisotopic (exact) mass is 347 g/mol.